The molecule has 1 atom stereocenters. The molecule has 1 unspecified atom stereocenters. The molecule has 1 fully saturated rings. The van der Waals surface area contributed by atoms with E-state index in [4.69, 9.17) is 4.74 Å². The van der Waals surface area contributed by atoms with Crippen molar-refractivity contribution in [1.82, 2.24) is 10.3 Å². The number of benzene rings is 1. The number of carbonyl (C=O) groups excluding carboxylic acids is 1. The van der Waals surface area contributed by atoms with E-state index < -0.39 is 0 Å². The summed E-state index contributed by atoms with van der Waals surface area (Å²) in [7, 11) is 0. The molecule has 33 heavy (non-hydrogen) atoms. The molecule has 0 saturated carbocycles. The predicted molar refractivity (Wildman–Crippen MR) is 136 cm³/mol. The normalized spacial score (nSPS) is 15.1. The van der Waals surface area contributed by atoms with Crippen LogP contribution in [-0.4, -0.2) is 30.7 Å². The molecule has 180 valence electrons. The maximum Gasteiger partial charge on any atom is 0.319 e. The van der Waals surface area contributed by atoms with Gasteiger partial charge in [0.05, 0.1) is 18.3 Å². The van der Waals surface area contributed by atoms with E-state index in [2.05, 4.69) is 60.3 Å². The zero-order valence-corrected chi connectivity index (χ0v) is 20.7. The van der Waals surface area contributed by atoms with Crippen LogP contribution in [0.25, 0.3) is 0 Å². The number of amides is 2. The van der Waals surface area contributed by atoms with Crippen molar-refractivity contribution in [2.24, 2.45) is 5.41 Å². The molecule has 0 spiro atoms. The van der Waals surface area contributed by atoms with E-state index in [1.165, 1.54) is 19.3 Å². The molecule has 0 bridgehead atoms. The lowest BCUT2D eigenvalue weighted by molar-refractivity contribution is 0.229. The van der Waals surface area contributed by atoms with Gasteiger partial charge in [-0.05, 0) is 54.9 Å². The van der Waals surface area contributed by atoms with Crippen LogP contribution >= 0.6 is 0 Å². The largest absolute Gasteiger partial charge is 0.491 e. The third-order valence-corrected chi connectivity index (χ3v) is 6.10. The number of piperidine rings is 1. The van der Waals surface area contributed by atoms with Gasteiger partial charge in [-0.25, -0.2) is 4.79 Å². The number of anilines is 2. The average molecular weight is 453 g/mol. The number of unbranched alkanes of at least 4 members (excludes halogenated alkanes) is 2. The number of aromatic nitrogens is 1. The molecule has 1 aliphatic heterocycles. The smallest absolute Gasteiger partial charge is 0.319 e. The molecular weight excluding hydrogens is 412 g/mol. The monoisotopic (exact) mass is 452 g/mol. The van der Waals surface area contributed by atoms with Crippen molar-refractivity contribution >= 4 is 17.4 Å². The summed E-state index contributed by atoms with van der Waals surface area (Å²) >= 11 is 0. The van der Waals surface area contributed by atoms with Gasteiger partial charge in [0.25, 0.3) is 0 Å². The highest BCUT2D eigenvalue weighted by molar-refractivity contribution is 5.91. The van der Waals surface area contributed by atoms with Crippen molar-refractivity contribution in [2.45, 2.75) is 72.3 Å². The maximum atomic E-state index is 13.0. The van der Waals surface area contributed by atoms with Gasteiger partial charge in [-0.2, -0.15) is 0 Å². The molecule has 2 amide bonds. The summed E-state index contributed by atoms with van der Waals surface area (Å²) in [6.07, 6.45) is 10.6. The summed E-state index contributed by atoms with van der Waals surface area (Å²) in [6, 6.07) is 9.61. The van der Waals surface area contributed by atoms with Gasteiger partial charge in [0.2, 0.25) is 0 Å². The summed E-state index contributed by atoms with van der Waals surface area (Å²) in [6.45, 7) is 11.3. The Morgan fingerprint density at radius 3 is 2.61 bits per heavy atom. The zero-order valence-electron chi connectivity index (χ0n) is 20.7. The number of nitrogens with zero attached hydrogens (tertiary/aromatic N) is 2. The van der Waals surface area contributed by atoms with Crippen molar-refractivity contribution in [3.8, 4) is 5.75 Å². The highest BCUT2D eigenvalue weighted by Crippen LogP contribution is 2.34. The number of urea groups is 1. The number of carbonyl (C=O) groups is 1. The highest BCUT2D eigenvalue weighted by Gasteiger charge is 2.28. The second-order valence-electron chi connectivity index (χ2n) is 9.97. The van der Waals surface area contributed by atoms with E-state index in [-0.39, 0.29) is 17.5 Å². The first kappa shape index (κ1) is 24.9. The Morgan fingerprint density at radius 1 is 1.15 bits per heavy atom. The van der Waals surface area contributed by atoms with Crippen molar-refractivity contribution < 1.29 is 9.53 Å². The van der Waals surface area contributed by atoms with Crippen LogP contribution in [0.4, 0.5) is 16.2 Å². The minimum atomic E-state index is -0.247. The van der Waals surface area contributed by atoms with Gasteiger partial charge in [-0.1, -0.05) is 46.6 Å². The molecule has 2 heterocycles. The summed E-state index contributed by atoms with van der Waals surface area (Å²) in [5, 5.41) is 6.19. The molecule has 3 rings (SSSR count). The van der Waals surface area contributed by atoms with Crippen LogP contribution in [0.5, 0.6) is 5.75 Å². The standard InChI is InChI=1S/C27H40N4O2/c1-5-6-10-18-33-24-19-22(31-16-8-7-9-17-31)13-14-23(24)29-26(32)30-25(27(2,3)4)21-12-11-15-28-20-21/h11-15,19-20,25H,5-10,16-18H2,1-4H3,(H2,29,30,32). The van der Waals surface area contributed by atoms with Crippen molar-refractivity contribution in [2.75, 3.05) is 29.9 Å². The zero-order chi connectivity index (χ0) is 23.7. The molecule has 1 aliphatic rings. The van der Waals surface area contributed by atoms with Crippen LogP contribution in [0.2, 0.25) is 0 Å². The third kappa shape index (κ3) is 7.37. The van der Waals surface area contributed by atoms with Gasteiger partial charge in [-0.3, -0.25) is 4.98 Å². The number of ether oxygens (including phenoxy) is 1. The predicted octanol–water partition coefficient (Wildman–Crippen LogP) is 6.55. The van der Waals surface area contributed by atoms with Crippen molar-refractivity contribution in [3.63, 3.8) is 0 Å². The second kappa shape index (κ2) is 11.9. The number of nitrogens with one attached hydrogen (secondary N) is 2. The van der Waals surface area contributed by atoms with Gasteiger partial charge in [-0.15, -0.1) is 0 Å². The number of rotatable bonds is 9. The maximum absolute atomic E-state index is 13.0. The van der Waals surface area contributed by atoms with E-state index >= 15 is 0 Å². The number of pyridine rings is 1. The Hall–Kier alpha value is -2.76. The molecule has 2 N–H and O–H groups in total. The van der Waals surface area contributed by atoms with Gasteiger partial charge in [0, 0.05) is 37.2 Å². The number of hydrogen-bond acceptors (Lipinski definition) is 4. The minimum Gasteiger partial charge on any atom is -0.491 e. The van der Waals surface area contributed by atoms with E-state index in [1.807, 2.05) is 24.4 Å². The molecule has 2 aromatic rings. The first-order valence-electron chi connectivity index (χ1n) is 12.4. The Labute approximate surface area is 199 Å². The summed E-state index contributed by atoms with van der Waals surface area (Å²) in [4.78, 5) is 19.7. The van der Waals surface area contributed by atoms with Crippen LogP contribution in [0.15, 0.2) is 42.7 Å². The average Bonchev–Trinajstić information content (AvgIpc) is 2.81. The first-order valence-corrected chi connectivity index (χ1v) is 12.4. The molecule has 0 radical (unpaired) electrons. The lowest BCUT2D eigenvalue weighted by Crippen LogP contribution is -2.39. The van der Waals surface area contributed by atoms with Crippen LogP contribution in [0.1, 0.15) is 77.8 Å². The quantitative estimate of drug-likeness (QED) is 0.423. The number of hydrogen-bond donors (Lipinski definition) is 2. The fourth-order valence-electron chi connectivity index (χ4n) is 4.25. The summed E-state index contributed by atoms with van der Waals surface area (Å²) in [5.41, 5.74) is 2.67. The Kier molecular flexibility index (Phi) is 8.98. The Morgan fingerprint density at radius 2 is 1.94 bits per heavy atom. The second-order valence-corrected chi connectivity index (χ2v) is 9.97. The molecule has 6 nitrogen and oxygen atoms in total. The third-order valence-electron chi connectivity index (χ3n) is 6.10. The van der Waals surface area contributed by atoms with Crippen molar-refractivity contribution in [3.05, 3.63) is 48.3 Å². The van der Waals surface area contributed by atoms with E-state index in [9.17, 15) is 4.79 Å². The van der Waals surface area contributed by atoms with E-state index in [0.717, 1.165) is 49.4 Å². The van der Waals surface area contributed by atoms with Crippen LogP contribution in [-0.2, 0) is 0 Å². The molecule has 6 heteroatoms. The molecule has 1 aromatic carbocycles. The Balaban J connectivity index is 1.75. The summed E-state index contributed by atoms with van der Waals surface area (Å²) < 4.78 is 6.15. The van der Waals surface area contributed by atoms with Crippen molar-refractivity contribution in [1.29, 1.82) is 0 Å². The van der Waals surface area contributed by atoms with Gasteiger partial charge < -0.3 is 20.3 Å². The van der Waals surface area contributed by atoms with Crippen LogP contribution in [0, 0.1) is 5.41 Å². The van der Waals surface area contributed by atoms with Gasteiger partial charge >= 0.3 is 6.03 Å². The van der Waals surface area contributed by atoms with Gasteiger partial charge in [0.1, 0.15) is 5.75 Å². The topological polar surface area (TPSA) is 66.5 Å². The molecule has 0 aliphatic carbocycles. The highest BCUT2D eigenvalue weighted by atomic mass is 16.5. The lowest BCUT2D eigenvalue weighted by Gasteiger charge is -2.32. The molecule has 1 saturated heterocycles. The Bertz CT molecular complexity index is 873. The fraction of sp³-hybridized carbons (Fsp3) is 0.556. The van der Waals surface area contributed by atoms with E-state index in [0.29, 0.717) is 12.3 Å². The lowest BCUT2D eigenvalue weighted by atomic mass is 9.83. The van der Waals surface area contributed by atoms with Gasteiger partial charge in [0.15, 0.2) is 0 Å². The van der Waals surface area contributed by atoms with Crippen LogP contribution in [0.3, 0.4) is 0 Å². The minimum absolute atomic E-state index is 0.169. The molecular formula is C27H40N4O2. The SMILES string of the molecule is CCCCCOc1cc(N2CCCCC2)ccc1NC(=O)NC(c1cccnc1)C(C)(C)C. The van der Waals surface area contributed by atoms with Crippen LogP contribution < -0.4 is 20.3 Å². The fourth-order valence-corrected chi connectivity index (χ4v) is 4.25. The van der Waals surface area contributed by atoms with E-state index in [1.54, 1.807) is 6.20 Å². The first-order chi connectivity index (χ1) is 15.9. The summed E-state index contributed by atoms with van der Waals surface area (Å²) in [5.74, 6) is 0.734. The molecule has 1 aromatic heterocycles.